The molecule has 3 rings (SSSR count). The Labute approximate surface area is 200 Å². The fourth-order valence-corrected chi connectivity index (χ4v) is 6.64. The van der Waals surface area contributed by atoms with Gasteiger partial charge in [-0.15, -0.1) is 0 Å². The molecule has 1 heterocycles. The lowest BCUT2D eigenvalue weighted by Gasteiger charge is -2.45. The van der Waals surface area contributed by atoms with Crippen molar-refractivity contribution in [2.45, 2.75) is 29.9 Å². The first-order chi connectivity index (χ1) is 16.1. The Kier molecular flexibility index (Phi) is 7.44. The molecule has 0 saturated carbocycles. The molecule has 2 aromatic rings. The van der Waals surface area contributed by atoms with Gasteiger partial charge < -0.3 is 24.3 Å². The zero-order valence-corrected chi connectivity index (χ0v) is 20.8. The lowest BCUT2D eigenvalue weighted by Crippen LogP contribution is -2.62. The third-order valence-electron chi connectivity index (χ3n) is 6.80. The summed E-state index contributed by atoms with van der Waals surface area (Å²) in [5.41, 5.74) is -0.605. The molecule has 0 aliphatic carbocycles. The smallest absolute Gasteiger partial charge is 0.279 e. The molecule has 34 heavy (non-hydrogen) atoms. The Hall–Kier alpha value is -2.82. The van der Waals surface area contributed by atoms with Crippen molar-refractivity contribution in [2.75, 3.05) is 41.5 Å². The fourth-order valence-electron chi connectivity index (χ4n) is 5.13. The molecule has 2 unspecified atom stereocenters. The Balaban J connectivity index is 2.32. The molecule has 0 bridgehead atoms. The molecular formula is C24H31NO8S. The highest BCUT2D eigenvalue weighted by Crippen LogP contribution is 2.50. The number of ether oxygens (including phenoxy) is 4. The van der Waals surface area contributed by atoms with E-state index in [1.165, 1.54) is 40.6 Å². The van der Waals surface area contributed by atoms with E-state index in [1.807, 2.05) is 0 Å². The molecule has 0 spiro atoms. The average Bonchev–Trinajstić information content (AvgIpc) is 3.34. The van der Waals surface area contributed by atoms with E-state index in [1.54, 1.807) is 31.2 Å². The molecule has 0 amide bonds. The van der Waals surface area contributed by atoms with Gasteiger partial charge in [0.05, 0.1) is 28.4 Å². The van der Waals surface area contributed by atoms with Gasteiger partial charge in [0, 0.05) is 17.5 Å². The van der Waals surface area contributed by atoms with Crippen LogP contribution in [0.25, 0.3) is 0 Å². The number of carbonyl (C=O) groups is 1. The standard InChI is InChI=1S/C24H31NO8S/c1-6-24(34(27,28)29,22(26)16-13-19(31-3)21(33-5)20(14-16)32-4)23(11-12-25-15-23)17-7-9-18(30-2)10-8-17/h7-10,13-14,25H,6,11-12,15H2,1-5H3,(H,27,28,29). The Morgan fingerprint density at radius 2 is 1.62 bits per heavy atom. The first kappa shape index (κ1) is 25.8. The maximum absolute atomic E-state index is 14.2. The van der Waals surface area contributed by atoms with Crippen LogP contribution in [0.1, 0.15) is 35.7 Å². The number of benzene rings is 2. The van der Waals surface area contributed by atoms with E-state index in [0.29, 0.717) is 24.3 Å². The van der Waals surface area contributed by atoms with Gasteiger partial charge in [-0.3, -0.25) is 9.35 Å². The number of hydrogen-bond donors (Lipinski definition) is 2. The minimum Gasteiger partial charge on any atom is -0.497 e. The van der Waals surface area contributed by atoms with Crippen LogP contribution in [0.2, 0.25) is 0 Å². The molecule has 1 aliphatic heterocycles. The summed E-state index contributed by atoms with van der Waals surface area (Å²) in [5, 5.41) is 3.19. The number of carbonyl (C=O) groups excluding carboxylic acids is 1. The van der Waals surface area contributed by atoms with Gasteiger partial charge in [0.15, 0.2) is 22.0 Å². The normalized spacial score (nSPS) is 19.8. The molecule has 0 radical (unpaired) electrons. The van der Waals surface area contributed by atoms with Crippen LogP contribution < -0.4 is 24.3 Å². The maximum atomic E-state index is 14.2. The largest absolute Gasteiger partial charge is 0.497 e. The molecule has 1 aliphatic rings. The van der Waals surface area contributed by atoms with Crippen LogP contribution in [0.15, 0.2) is 36.4 Å². The van der Waals surface area contributed by atoms with Gasteiger partial charge in [-0.1, -0.05) is 19.1 Å². The highest BCUT2D eigenvalue weighted by molar-refractivity contribution is 7.88. The lowest BCUT2D eigenvalue weighted by molar-refractivity contribution is 0.0868. The highest BCUT2D eigenvalue weighted by atomic mass is 32.2. The summed E-state index contributed by atoms with van der Waals surface area (Å²) < 4.78 is 56.3. The van der Waals surface area contributed by atoms with E-state index in [2.05, 4.69) is 5.32 Å². The lowest BCUT2D eigenvalue weighted by atomic mass is 9.65. The molecule has 9 nitrogen and oxygen atoms in total. The predicted octanol–water partition coefficient (Wildman–Crippen LogP) is 2.87. The summed E-state index contributed by atoms with van der Waals surface area (Å²) in [5.74, 6) is 0.510. The van der Waals surface area contributed by atoms with Gasteiger partial charge in [-0.2, -0.15) is 8.42 Å². The topological polar surface area (TPSA) is 120 Å². The van der Waals surface area contributed by atoms with Gasteiger partial charge in [0.1, 0.15) is 5.75 Å². The number of methoxy groups -OCH3 is 4. The van der Waals surface area contributed by atoms with Crippen molar-refractivity contribution in [3.63, 3.8) is 0 Å². The van der Waals surface area contributed by atoms with Gasteiger partial charge >= 0.3 is 0 Å². The fraction of sp³-hybridized carbons (Fsp3) is 0.458. The van der Waals surface area contributed by atoms with Crippen molar-refractivity contribution >= 4 is 15.9 Å². The minimum absolute atomic E-state index is 0.0220. The molecule has 2 N–H and O–H groups in total. The second-order valence-electron chi connectivity index (χ2n) is 8.14. The first-order valence-corrected chi connectivity index (χ1v) is 12.3. The zero-order chi connectivity index (χ0) is 25.1. The Morgan fingerprint density at radius 3 is 2.00 bits per heavy atom. The van der Waals surface area contributed by atoms with Gasteiger partial charge in [0.2, 0.25) is 5.75 Å². The molecular weight excluding hydrogens is 462 g/mol. The van der Waals surface area contributed by atoms with E-state index >= 15 is 0 Å². The predicted molar refractivity (Wildman–Crippen MR) is 127 cm³/mol. The van der Waals surface area contributed by atoms with Crippen LogP contribution >= 0.6 is 0 Å². The van der Waals surface area contributed by atoms with Crippen molar-refractivity contribution in [3.8, 4) is 23.0 Å². The van der Waals surface area contributed by atoms with E-state index in [0.717, 1.165) is 0 Å². The second kappa shape index (κ2) is 9.81. The molecule has 10 heteroatoms. The maximum Gasteiger partial charge on any atom is 0.279 e. The summed E-state index contributed by atoms with van der Waals surface area (Å²) in [6.07, 6.45) is 0.165. The second-order valence-corrected chi connectivity index (χ2v) is 9.78. The van der Waals surface area contributed by atoms with E-state index in [-0.39, 0.29) is 35.8 Å². The Bertz CT molecular complexity index is 1120. The number of nitrogens with one attached hydrogen (secondary N) is 1. The number of hydrogen-bond acceptors (Lipinski definition) is 8. The Morgan fingerprint density at radius 1 is 1.03 bits per heavy atom. The van der Waals surface area contributed by atoms with E-state index in [4.69, 9.17) is 18.9 Å². The van der Waals surface area contributed by atoms with Crippen molar-refractivity contribution in [3.05, 3.63) is 47.5 Å². The van der Waals surface area contributed by atoms with Crippen LogP contribution in [0.3, 0.4) is 0 Å². The molecule has 1 saturated heterocycles. The summed E-state index contributed by atoms with van der Waals surface area (Å²) >= 11 is 0. The van der Waals surface area contributed by atoms with Crippen LogP contribution in [0.4, 0.5) is 0 Å². The first-order valence-electron chi connectivity index (χ1n) is 10.8. The highest BCUT2D eigenvalue weighted by Gasteiger charge is 2.65. The molecule has 2 aromatic carbocycles. The van der Waals surface area contributed by atoms with Crippen molar-refractivity contribution < 1.29 is 36.7 Å². The molecule has 186 valence electrons. The monoisotopic (exact) mass is 493 g/mol. The molecule has 1 fully saturated rings. The summed E-state index contributed by atoms with van der Waals surface area (Å²) in [6, 6.07) is 9.72. The van der Waals surface area contributed by atoms with E-state index in [9.17, 15) is 17.8 Å². The van der Waals surface area contributed by atoms with Crippen molar-refractivity contribution in [1.29, 1.82) is 0 Å². The summed E-state index contributed by atoms with van der Waals surface area (Å²) in [7, 11) is 0.852. The summed E-state index contributed by atoms with van der Waals surface area (Å²) in [6.45, 7) is 2.25. The van der Waals surface area contributed by atoms with Gasteiger partial charge in [-0.05, 0) is 49.2 Å². The third kappa shape index (κ3) is 3.89. The summed E-state index contributed by atoms with van der Waals surface area (Å²) in [4.78, 5) is 14.2. The van der Waals surface area contributed by atoms with Crippen LogP contribution in [-0.4, -0.2) is 65.0 Å². The van der Waals surface area contributed by atoms with Crippen LogP contribution in [-0.2, 0) is 15.5 Å². The number of Topliss-reactive ketones (excluding diaryl/α,β-unsaturated/α-hetero) is 1. The van der Waals surface area contributed by atoms with Crippen LogP contribution in [0, 0.1) is 0 Å². The zero-order valence-electron chi connectivity index (χ0n) is 20.0. The SMILES string of the molecule is CCC(C(=O)c1cc(OC)c(OC)c(OC)c1)(C1(c2ccc(OC)cc2)CCNC1)S(=O)(=O)O. The van der Waals surface area contributed by atoms with Crippen molar-refractivity contribution in [1.82, 2.24) is 5.32 Å². The number of rotatable bonds is 10. The molecule has 0 aromatic heterocycles. The number of ketones is 1. The van der Waals surface area contributed by atoms with Crippen LogP contribution in [0.5, 0.6) is 23.0 Å². The third-order valence-corrected chi connectivity index (χ3v) is 8.55. The molecule has 2 atom stereocenters. The average molecular weight is 494 g/mol. The van der Waals surface area contributed by atoms with E-state index < -0.39 is 26.1 Å². The van der Waals surface area contributed by atoms with Crippen molar-refractivity contribution in [2.24, 2.45) is 0 Å². The quantitative estimate of drug-likeness (QED) is 0.380. The minimum atomic E-state index is -4.92. The van der Waals surface area contributed by atoms with Gasteiger partial charge in [0.25, 0.3) is 10.1 Å². The van der Waals surface area contributed by atoms with Gasteiger partial charge in [-0.25, -0.2) is 0 Å².